The Morgan fingerprint density at radius 3 is 2.83 bits per heavy atom. The Morgan fingerprint density at radius 1 is 1.33 bits per heavy atom. The van der Waals surface area contributed by atoms with Crippen LogP contribution < -0.4 is 5.32 Å². The lowest BCUT2D eigenvalue weighted by Gasteiger charge is -2.14. The molecule has 1 aromatic carbocycles. The number of hydrogen-bond acceptors (Lipinski definition) is 2. The van der Waals surface area contributed by atoms with E-state index in [1.165, 1.54) is 0 Å². The molecule has 0 aliphatic heterocycles. The molecule has 18 heavy (non-hydrogen) atoms. The summed E-state index contributed by atoms with van der Waals surface area (Å²) >= 11 is 3.45. The van der Waals surface area contributed by atoms with Crippen LogP contribution in [0.4, 0.5) is 0 Å². The maximum absolute atomic E-state index is 12.3. The fourth-order valence-electron chi connectivity index (χ4n) is 2.04. The van der Waals surface area contributed by atoms with Gasteiger partial charge in [0, 0.05) is 16.9 Å². The van der Waals surface area contributed by atoms with Gasteiger partial charge in [0.2, 0.25) is 0 Å². The number of nitrogens with one attached hydrogen (secondary N) is 1. The minimum absolute atomic E-state index is 0.0312. The number of nitrogens with zero attached hydrogens (tertiary/aromatic N) is 1. The Labute approximate surface area is 114 Å². The van der Waals surface area contributed by atoms with Crippen molar-refractivity contribution in [1.82, 2.24) is 10.3 Å². The van der Waals surface area contributed by atoms with Crippen LogP contribution in [0.25, 0.3) is 10.9 Å². The predicted octanol–water partition coefficient (Wildman–Crippen LogP) is 2.89. The third-order valence-electron chi connectivity index (χ3n) is 3.37. The Hall–Kier alpha value is -1.42. The van der Waals surface area contributed by atoms with Gasteiger partial charge >= 0.3 is 0 Å². The van der Waals surface area contributed by atoms with Crippen molar-refractivity contribution < 1.29 is 4.79 Å². The van der Waals surface area contributed by atoms with Crippen LogP contribution in [-0.4, -0.2) is 21.8 Å². The standard InChI is InChI=1S/C14H13BrN2O/c15-9-14(6-7-14)17-13(18)11-5-1-3-10-4-2-8-16-12(10)11/h1-5,8H,6-7,9H2,(H,17,18). The molecule has 0 saturated heterocycles. The third kappa shape index (κ3) is 2.01. The van der Waals surface area contributed by atoms with E-state index in [4.69, 9.17) is 0 Å². The summed E-state index contributed by atoms with van der Waals surface area (Å²) < 4.78 is 0. The molecule has 1 saturated carbocycles. The number of halogens is 1. The smallest absolute Gasteiger partial charge is 0.253 e. The van der Waals surface area contributed by atoms with Crippen LogP contribution in [0.15, 0.2) is 36.5 Å². The number of benzene rings is 1. The van der Waals surface area contributed by atoms with E-state index in [1.54, 1.807) is 6.20 Å². The van der Waals surface area contributed by atoms with Crippen LogP contribution in [0, 0.1) is 0 Å². The monoisotopic (exact) mass is 304 g/mol. The molecule has 0 atom stereocenters. The van der Waals surface area contributed by atoms with Crippen LogP contribution in [0.5, 0.6) is 0 Å². The largest absolute Gasteiger partial charge is 0.346 e. The first-order chi connectivity index (χ1) is 8.74. The zero-order valence-corrected chi connectivity index (χ0v) is 11.4. The van der Waals surface area contributed by atoms with E-state index in [2.05, 4.69) is 26.2 Å². The van der Waals surface area contributed by atoms with Crippen molar-refractivity contribution >= 4 is 32.7 Å². The zero-order chi connectivity index (χ0) is 12.6. The molecular weight excluding hydrogens is 292 g/mol. The first-order valence-corrected chi connectivity index (χ1v) is 7.08. The first-order valence-electron chi connectivity index (χ1n) is 5.96. The van der Waals surface area contributed by atoms with Gasteiger partial charge in [-0.25, -0.2) is 0 Å². The van der Waals surface area contributed by atoms with Gasteiger partial charge in [0.05, 0.1) is 16.6 Å². The molecule has 0 unspecified atom stereocenters. The maximum Gasteiger partial charge on any atom is 0.253 e. The molecule has 1 heterocycles. The van der Waals surface area contributed by atoms with Gasteiger partial charge in [0.1, 0.15) is 0 Å². The number of carbonyl (C=O) groups excluding carboxylic acids is 1. The molecule has 4 heteroatoms. The number of amides is 1. The van der Waals surface area contributed by atoms with Crippen molar-refractivity contribution in [2.24, 2.45) is 0 Å². The third-order valence-corrected chi connectivity index (χ3v) is 4.44. The van der Waals surface area contributed by atoms with Gasteiger partial charge in [-0.15, -0.1) is 0 Å². The number of aromatic nitrogens is 1. The highest BCUT2D eigenvalue weighted by Crippen LogP contribution is 2.37. The second-order valence-electron chi connectivity index (χ2n) is 4.75. The van der Waals surface area contributed by atoms with E-state index in [1.807, 2.05) is 30.3 Å². The second-order valence-corrected chi connectivity index (χ2v) is 5.31. The molecule has 1 fully saturated rings. The molecule has 0 radical (unpaired) electrons. The minimum atomic E-state index is -0.0337. The Morgan fingerprint density at radius 2 is 2.11 bits per heavy atom. The highest BCUT2D eigenvalue weighted by atomic mass is 79.9. The number of rotatable bonds is 3. The average Bonchev–Trinajstić information content (AvgIpc) is 3.18. The van der Waals surface area contributed by atoms with Crippen LogP contribution in [0.1, 0.15) is 23.2 Å². The predicted molar refractivity (Wildman–Crippen MR) is 75.0 cm³/mol. The van der Waals surface area contributed by atoms with Crippen LogP contribution in [-0.2, 0) is 0 Å². The van der Waals surface area contributed by atoms with Crippen LogP contribution in [0.3, 0.4) is 0 Å². The van der Waals surface area contributed by atoms with E-state index < -0.39 is 0 Å². The number of hydrogen-bond donors (Lipinski definition) is 1. The van der Waals surface area contributed by atoms with Gasteiger partial charge in [-0.1, -0.05) is 34.1 Å². The van der Waals surface area contributed by atoms with Crippen LogP contribution in [0.2, 0.25) is 0 Å². The Bertz CT molecular complexity index is 602. The van der Waals surface area contributed by atoms with Gasteiger partial charge in [-0.2, -0.15) is 0 Å². The fourth-order valence-corrected chi connectivity index (χ4v) is 2.74. The van der Waals surface area contributed by atoms with Crippen molar-refractivity contribution in [1.29, 1.82) is 0 Å². The summed E-state index contributed by atoms with van der Waals surface area (Å²) in [5, 5.41) is 4.90. The Balaban J connectivity index is 1.96. The SMILES string of the molecule is O=C(NC1(CBr)CC1)c1cccc2cccnc12. The molecule has 92 valence electrons. The molecule has 1 N–H and O–H groups in total. The average molecular weight is 305 g/mol. The number of para-hydroxylation sites is 1. The van der Waals surface area contributed by atoms with Gasteiger partial charge in [0.15, 0.2) is 0 Å². The summed E-state index contributed by atoms with van der Waals surface area (Å²) in [6.07, 6.45) is 3.81. The molecule has 1 aliphatic rings. The van der Waals surface area contributed by atoms with Crippen molar-refractivity contribution in [2.75, 3.05) is 5.33 Å². The molecule has 1 aliphatic carbocycles. The van der Waals surface area contributed by atoms with Gasteiger partial charge < -0.3 is 5.32 Å². The van der Waals surface area contributed by atoms with Crippen molar-refractivity contribution in [3.63, 3.8) is 0 Å². The fraction of sp³-hybridized carbons (Fsp3) is 0.286. The summed E-state index contributed by atoms with van der Waals surface area (Å²) in [5.41, 5.74) is 1.39. The molecule has 0 spiro atoms. The maximum atomic E-state index is 12.3. The molecule has 2 aromatic rings. The minimum Gasteiger partial charge on any atom is -0.346 e. The molecule has 1 amide bonds. The highest BCUT2D eigenvalue weighted by Gasteiger charge is 2.43. The first kappa shape index (κ1) is 11.7. The number of carbonyl (C=O) groups is 1. The van der Waals surface area contributed by atoms with E-state index >= 15 is 0 Å². The van der Waals surface area contributed by atoms with E-state index in [0.717, 1.165) is 29.1 Å². The molecule has 0 bridgehead atoms. The number of alkyl halides is 1. The van der Waals surface area contributed by atoms with Gasteiger partial charge in [0.25, 0.3) is 5.91 Å². The lowest BCUT2D eigenvalue weighted by molar-refractivity contribution is 0.0938. The number of pyridine rings is 1. The summed E-state index contributed by atoms with van der Waals surface area (Å²) in [4.78, 5) is 16.6. The second kappa shape index (κ2) is 4.35. The summed E-state index contributed by atoms with van der Waals surface area (Å²) in [7, 11) is 0. The summed E-state index contributed by atoms with van der Waals surface area (Å²) in [5.74, 6) is -0.0312. The molecular formula is C14H13BrN2O. The normalized spacial score (nSPS) is 16.5. The van der Waals surface area contributed by atoms with Crippen molar-refractivity contribution in [3.05, 3.63) is 42.1 Å². The quantitative estimate of drug-likeness (QED) is 0.886. The molecule has 3 nitrogen and oxygen atoms in total. The van der Waals surface area contributed by atoms with Gasteiger partial charge in [-0.3, -0.25) is 9.78 Å². The van der Waals surface area contributed by atoms with Crippen molar-refractivity contribution in [2.45, 2.75) is 18.4 Å². The zero-order valence-electron chi connectivity index (χ0n) is 9.82. The van der Waals surface area contributed by atoms with Gasteiger partial charge in [-0.05, 0) is 25.0 Å². The van der Waals surface area contributed by atoms with E-state index in [0.29, 0.717) is 5.56 Å². The lowest BCUT2D eigenvalue weighted by atomic mass is 10.1. The summed E-state index contributed by atoms with van der Waals surface area (Å²) in [6.45, 7) is 0. The molecule has 1 aromatic heterocycles. The van der Waals surface area contributed by atoms with E-state index in [-0.39, 0.29) is 11.4 Å². The van der Waals surface area contributed by atoms with Crippen molar-refractivity contribution in [3.8, 4) is 0 Å². The Kier molecular flexibility index (Phi) is 2.82. The summed E-state index contributed by atoms with van der Waals surface area (Å²) in [6, 6.07) is 9.54. The van der Waals surface area contributed by atoms with Crippen LogP contribution >= 0.6 is 15.9 Å². The molecule has 3 rings (SSSR count). The highest BCUT2D eigenvalue weighted by molar-refractivity contribution is 9.09. The topological polar surface area (TPSA) is 42.0 Å². The lowest BCUT2D eigenvalue weighted by Crippen LogP contribution is -2.38. The van der Waals surface area contributed by atoms with E-state index in [9.17, 15) is 4.79 Å². The number of fused-ring (bicyclic) bond motifs is 1.